The molecule has 0 spiro atoms. The van der Waals surface area contributed by atoms with E-state index < -0.39 is 12.1 Å². The molecule has 6 nitrogen and oxygen atoms in total. The minimum atomic E-state index is -0.640. The molecule has 6 heteroatoms. The third kappa shape index (κ3) is 7.44. The van der Waals surface area contributed by atoms with Crippen LogP contribution in [-0.4, -0.2) is 50.5 Å². The number of ether oxygens (including phenoxy) is 2. The molecule has 0 aliphatic heterocycles. The average molecular weight is 335 g/mol. The molecule has 0 saturated carbocycles. The van der Waals surface area contributed by atoms with Crippen LogP contribution in [0.3, 0.4) is 0 Å². The van der Waals surface area contributed by atoms with Crippen LogP contribution in [0.25, 0.3) is 0 Å². The number of carbonyl (C=O) groups excluding carboxylic acids is 1. The number of quaternary nitrogens is 1. The Bertz CT molecular complexity index is 554. The van der Waals surface area contributed by atoms with E-state index in [9.17, 15) is 9.90 Å². The Morgan fingerprint density at radius 3 is 2.75 bits per heavy atom. The highest BCUT2D eigenvalue weighted by Gasteiger charge is 2.17. The smallest absolute Gasteiger partial charge is 0.337 e. The molecule has 1 aromatic rings. The molecule has 0 aliphatic carbocycles. The lowest BCUT2D eigenvalue weighted by Gasteiger charge is -2.23. The molecule has 0 heterocycles. The van der Waals surface area contributed by atoms with Gasteiger partial charge in [-0.1, -0.05) is 19.9 Å². The molecule has 1 rings (SSSR count). The summed E-state index contributed by atoms with van der Waals surface area (Å²) in [6.07, 6.45) is -0.171. The SMILES string of the molecule is COC(=O)c1cccc(OC[C@@H](O)C[NH+](CCC#N)CC(C)C)c1. The first-order chi connectivity index (χ1) is 11.5. The normalized spacial score (nSPS) is 13.2. The molecule has 0 fully saturated rings. The number of hydrogen-bond donors (Lipinski definition) is 2. The monoisotopic (exact) mass is 335 g/mol. The molecule has 0 bridgehead atoms. The number of aliphatic hydroxyl groups excluding tert-OH is 1. The van der Waals surface area contributed by atoms with Crippen LogP contribution in [0, 0.1) is 17.2 Å². The quantitative estimate of drug-likeness (QED) is 0.614. The summed E-state index contributed by atoms with van der Waals surface area (Å²) in [7, 11) is 1.33. The number of nitrogens with zero attached hydrogens (tertiary/aromatic N) is 1. The second kappa shape index (κ2) is 10.6. The zero-order valence-electron chi connectivity index (χ0n) is 14.6. The van der Waals surface area contributed by atoms with Crippen molar-refractivity contribution < 1.29 is 24.3 Å². The predicted octanol–water partition coefficient (Wildman–Crippen LogP) is 0.667. The van der Waals surface area contributed by atoms with E-state index in [1.165, 1.54) is 12.0 Å². The number of rotatable bonds is 10. The second-order valence-electron chi connectivity index (χ2n) is 6.19. The van der Waals surface area contributed by atoms with E-state index in [1.807, 2.05) is 0 Å². The van der Waals surface area contributed by atoms with Crippen LogP contribution in [-0.2, 0) is 4.74 Å². The minimum Gasteiger partial charge on any atom is -0.491 e. The molecule has 2 N–H and O–H groups in total. The van der Waals surface area contributed by atoms with E-state index >= 15 is 0 Å². The van der Waals surface area contributed by atoms with Gasteiger partial charge in [-0.25, -0.2) is 4.79 Å². The zero-order chi connectivity index (χ0) is 17.9. The highest BCUT2D eigenvalue weighted by molar-refractivity contribution is 5.89. The van der Waals surface area contributed by atoms with E-state index in [1.54, 1.807) is 24.3 Å². The summed E-state index contributed by atoms with van der Waals surface area (Å²) in [5.41, 5.74) is 0.408. The van der Waals surface area contributed by atoms with Crippen molar-refractivity contribution in [2.75, 3.05) is 33.4 Å². The number of aliphatic hydroxyl groups is 1. The van der Waals surface area contributed by atoms with Crippen LogP contribution < -0.4 is 9.64 Å². The number of benzene rings is 1. The van der Waals surface area contributed by atoms with Crippen molar-refractivity contribution in [3.63, 3.8) is 0 Å². The van der Waals surface area contributed by atoms with E-state index in [2.05, 4.69) is 24.7 Å². The van der Waals surface area contributed by atoms with Gasteiger partial charge in [-0.2, -0.15) is 5.26 Å². The van der Waals surface area contributed by atoms with Gasteiger partial charge in [0.05, 0.1) is 38.3 Å². The van der Waals surface area contributed by atoms with Crippen molar-refractivity contribution in [3.05, 3.63) is 29.8 Å². The van der Waals surface area contributed by atoms with Crippen LogP contribution >= 0.6 is 0 Å². The molecule has 0 aromatic heterocycles. The number of hydrogen-bond acceptors (Lipinski definition) is 5. The Balaban J connectivity index is 2.53. The summed E-state index contributed by atoms with van der Waals surface area (Å²) in [6, 6.07) is 8.82. The van der Waals surface area contributed by atoms with Crippen molar-refractivity contribution in [1.82, 2.24) is 0 Å². The van der Waals surface area contributed by atoms with E-state index in [0.29, 0.717) is 36.7 Å². The molecular weight excluding hydrogens is 308 g/mol. The van der Waals surface area contributed by atoms with Gasteiger partial charge in [0, 0.05) is 5.92 Å². The van der Waals surface area contributed by atoms with Crippen molar-refractivity contribution in [2.45, 2.75) is 26.4 Å². The summed E-state index contributed by atoms with van der Waals surface area (Å²) in [4.78, 5) is 12.7. The Labute approximate surface area is 143 Å². The Morgan fingerprint density at radius 2 is 2.12 bits per heavy atom. The number of nitrogens with one attached hydrogen (secondary N) is 1. The van der Waals surface area contributed by atoms with Gasteiger partial charge in [-0.05, 0) is 18.2 Å². The predicted molar refractivity (Wildman–Crippen MR) is 89.9 cm³/mol. The van der Waals surface area contributed by atoms with E-state index in [4.69, 9.17) is 10.00 Å². The van der Waals surface area contributed by atoms with Crippen LogP contribution in [0.4, 0.5) is 0 Å². The molecule has 2 atom stereocenters. The molecule has 24 heavy (non-hydrogen) atoms. The molecule has 0 aliphatic rings. The Hall–Kier alpha value is -2.10. The number of nitriles is 1. The maximum atomic E-state index is 11.5. The van der Waals surface area contributed by atoms with Gasteiger partial charge in [0.15, 0.2) is 0 Å². The lowest BCUT2D eigenvalue weighted by Crippen LogP contribution is -3.13. The van der Waals surface area contributed by atoms with Crippen LogP contribution in [0.2, 0.25) is 0 Å². The highest BCUT2D eigenvalue weighted by Crippen LogP contribution is 2.14. The summed E-state index contributed by atoms with van der Waals surface area (Å²) in [5, 5.41) is 18.9. The average Bonchev–Trinajstić information content (AvgIpc) is 2.57. The first-order valence-electron chi connectivity index (χ1n) is 8.16. The van der Waals surface area contributed by atoms with Crippen LogP contribution in [0.1, 0.15) is 30.6 Å². The van der Waals surface area contributed by atoms with Gasteiger partial charge in [0.25, 0.3) is 0 Å². The minimum absolute atomic E-state index is 0.138. The highest BCUT2D eigenvalue weighted by atomic mass is 16.5. The molecule has 0 radical (unpaired) electrons. The fraction of sp³-hybridized carbons (Fsp3) is 0.556. The van der Waals surface area contributed by atoms with E-state index in [-0.39, 0.29) is 6.61 Å². The zero-order valence-corrected chi connectivity index (χ0v) is 14.6. The van der Waals surface area contributed by atoms with Gasteiger partial charge >= 0.3 is 5.97 Å². The van der Waals surface area contributed by atoms with Crippen LogP contribution in [0.5, 0.6) is 5.75 Å². The molecule has 1 aromatic carbocycles. The summed E-state index contributed by atoms with van der Waals surface area (Å²) in [6.45, 7) is 6.51. The second-order valence-corrected chi connectivity index (χ2v) is 6.19. The van der Waals surface area contributed by atoms with Crippen molar-refractivity contribution in [2.24, 2.45) is 5.92 Å². The molecule has 1 unspecified atom stereocenters. The van der Waals surface area contributed by atoms with Crippen molar-refractivity contribution in [3.8, 4) is 11.8 Å². The fourth-order valence-corrected chi connectivity index (χ4v) is 2.51. The van der Waals surface area contributed by atoms with Crippen molar-refractivity contribution in [1.29, 1.82) is 5.26 Å². The first-order valence-corrected chi connectivity index (χ1v) is 8.16. The van der Waals surface area contributed by atoms with E-state index in [0.717, 1.165) is 6.54 Å². The van der Waals surface area contributed by atoms with Gasteiger partial charge in [-0.3, -0.25) is 0 Å². The Kier molecular flexibility index (Phi) is 8.84. The van der Waals surface area contributed by atoms with Gasteiger partial charge in [-0.15, -0.1) is 0 Å². The topological polar surface area (TPSA) is 84.0 Å². The summed E-state index contributed by atoms with van der Waals surface area (Å²) in [5.74, 6) is 0.577. The third-order valence-electron chi connectivity index (χ3n) is 3.51. The molecule has 0 saturated heterocycles. The van der Waals surface area contributed by atoms with Crippen molar-refractivity contribution >= 4 is 5.97 Å². The lowest BCUT2D eigenvalue weighted by atomic mass is 10.2. The maximum absolute atomic E-state index is 11.5. The lowest BCUT2D eigenvalue weighted by molar-refractivity contribution is -0.905. The number of carbonyl (C=O) groups is 1. The number of methoxy groups -OCH3 is 1. The Morgan fingerprint density at radius 1 is 1.38 bits per heavy atom. The largest absolute Gasteiger partial charge is 0.491 e. The molecular formula is C18H27N2O4+. The third-order valence-corrected chi connectivity index (χ3v) is 3.51. The summed E-state index contributed by atoms with van der Waals surface area (Å²) < 4.78 is 10.2. The fourth-order valence-electron chi connectivity index (χ4n) is 2.51. The van der Waals surface area contributed by atoms with Gasteiger partial charge < -0.3 is 19.5 Å². The molecule has 132 valence electrons. The molecule has 0 amide bonds. The summed E-state index contributed by atoms with van der Waals surface area (Å²) >= 11 is 0. The first kappa shape index (κ1) is 19.9. The van der Waals surface area contributed by atoms with Gasteiger partial charge in [0.2, 0.25) is 0 Å². The number of esters is 1. The van der Waals surface area contributed by atoms with Gasteiger partial charge in [0.1, 0.15) is 25.0 Å². The van der Waals surface area contributed by atoms with Crippen LogP contribution in [0.15, 0.2) is 24.3 Å². The maximum Gasteiger partial charge on any atom is 0.337 e. The standard InChI is InChI=1S/C18H26N2O4/c1-14(2)11-20(9-5-8-19)12-16(21)13-24-17-7-4-6-15(10-17)18(22)23-3/h4,6-7,10,14,16,21H,5,9,11-13H2,1-3H3/p+1/t16-/m0/s1.